The lowest BCUT2D eigenvalue weighted by Crippen LogP contribution is -2.04. The van der Waals surface area contributed by atoms with E-state index in [0.717, 1.165) is 52.0 Å². The van der Waals surface area contributed by atoms with E-state index in [0.29, 0.717) is 12.4 Å². The summed E-state index contributed by atoms with van der Waals surface area (Å²) >= 11 is 0. The Morgan fingerprint density at radius 2 is 1.79 bits per heavy atom. The second-order valence-corrected chi connectivity index (χ2v) is 6.83. The fourth-order valence-corrected chi connectivity index (χ4v) is 3.35. The number of hydrogen-bond acceptors (Lipinski definition) is 4. The summed E-state index contributed by atoms with van der Waals surface area (Å²) in [5, 5.41) is 4.22. The Bertz CT molecular complexity index is 1130. The van der Waals surface area contributed by atoms with Gasteiger partial charge in [-0.3, -0.25) is 4.98 Å². The summed E-state index contributed by atoms with van der Waals surface area (Å²) < 4.78 is 13.4. The number of anilines is 1. The molecule has 4 aromatic rings. The fourth-order valence-electron chi connectivity index (χ4n) is 3.35. The van der Waals surface area contributed by atoms with E-state index in [1.165, 1.54) is 12.1 Å². The van der Waals surface area contributed by atoms with Crippen molar-refractivity contribution < 1.29 is 4.39 Å². The highest BCUT2D eigenvalue weighted by Gasteiger charge is 2.16. The second-order valence-electron chi connectivity index (χ2n) is 6.83. The molecule has 5 nitrogen and oxygen atoms in total. The number of aromatic nitrogens is 3. The van der Waals surface area contributed by atoms with Gasteiger partial charge in [-0.1, -0.05) is 6.58 Å². The van der Waals surface area contributed by atoms with Gasteiger partial charge in [0.15, 0.2) is 0 Å². The molecule has 0 aliphatic rings. The minimum absolute atomic E-state index is 0.268. The molecule has 3 aromatic heterocycles. The van der Waals surface area contributed by atoms with E-state index in [1.807, 2.05) is 24.3 Å². The fraction of sp³-hybridized carbons (Fsp3) is 0.130. The molecule has 0 spiro atoms. The third-order valence-electron chi connectivity index (χ3n) is 4.75. The molecular formula is C23H22FN5. The monoisotopic (exact) mass is 387 g/mol. The van der Waals surface area contributed by atoms with Crippen LogP contribution in [0.4, 0.5) is 10.2 Å². The number of nitrogens with zero attached hydrogens (tertiary/aromatic N) is 2. The molecule has 1 aromatic carbocycles. The van der Waals surface area contributed by atoms with Crippen LogP contribution >= 0.6 is 0 Å². The highest BCUT2D eigenvalue weighted by Crippen LogP contribution is 2.38. The zero-order valence-corrected chi connectivity index (χ0v) is 16.0. The van der Waals surface area contributed by atoms with E-state index in [1.54, 1.807) is 24.5 Å². The van der Waals surface area contributed by atoms with Gasteiger partial charge in [0.25, 0.3) is 0 Å². The van der Waals surface area contributed by atoms with Crippen molar-refractivity contribution in [2.24, 2.45) is 5.73 Å². The predicted molar refractivity (Wildman–Crippen MR) is 116 cm³/mol. The lowest BCUT2D eigenvalue weighted by molar-refractivity contribution is 0.628. The average molecular weight is 387 g/mol. The first-order valence-electron chi connectivity index (χ1n) is 9.49. The van der Waals surface area contributed by atoms with Crippen molar-refractivity contribution in [3.63, 3.8) is 0 Å². The van der Waals surface area contributed by atoms with Crippen molar-refractivity contribution in [3.8, 4) is 22.4 Å². The maximum atomic E-state index is 13.4. The normalized spacial score (nSPS) is 11.0. The Labute approximate surface area is 168 Å². The summed E-state index contributed by atoms with van der Waals surface area (Å²) in [6.07, 6.45) is 5.18. The van der Waals surface area contributed by atoms with Gasteiger partial charge in [0.05, 0.1) is 5.69 Å². The third-order valence-corrected chi connectivity index (χ3v) is 4.75. The van der Waals surface area contributed by atoms with Crippen molar-refractivity contribution in [3.05, 3.63) is 79.0 Å². The van der Waals surface area contributed by atoms with Gasteiger partial charge in [0.1, 0.15) is 17.3 Å². The molecule has 4 N–H and O–H groups in total. The van der Waals surface area contributed by atoms with Gasteiger partial charge in [-0.25, -0.2) is 9.37 Å². The number of nitrogens with one attached hydrogen (secondary N) is 2. The first-order valence-corrected chi connectivity index (χ1v) is 9.49. The van der Waals surface area contributed by atoms with Crippen LogP contribution in [0.25, 0.3) is 33.4 Å². The largest absolute Gasteiger partial charge is 0.344 e. The molecule has 0 aliphatic carbocycles. The van der Waals surface area contributed by atoms with Crippen LogP contribution in [-0.4, -0.2) is 21.5 Å². The van der Waals surface area contributed by atoms with Crippen molar-refractivity contribution in [2.75, 3.05) is 11.9 Å². The summed E-state index contributed by atoms with van der Waals surface area (Å²) in [6, 6.07) is 14.3. The summed E-state index contributed by atoms with van der Waals surface area (Å²) in [5.74, 6) is 0.448. The SMILES string of the molecule is C=C(CCCN)Nc1ccc2c(-c3ccncc3)c(-c3ccc(F)cc3)[nH]c2n1. The number of allylic oxidation sites excluding steroid dienone is 1. The van der Waals surface area contributed by atoms with Crippen molar-refractivity contribution in [2.45, 2.75) is 12.8 Å². The summed E-state index contributed by atoms with van der Waals surface area (Å²) in [7, 11) is 0. The van der Waals surface area contributed by atoms with Crippen LogP contribution in [0, 0.1) is 5.82 Å². The summed E-state index contributed by atoms with van der Waals surface area (Å²) in [6.45, 7) is 4.66. The number of benzene rings is 1. The quantitative estimate of drug-likeness (QED) is 0.412. The third kappa shape index (κ3) is 4.02. The number of rotatable bonds is 7. The molecule has 0 unspecified atom stereocenters. The van der Waals surface area contributed by atoms with Gasteiger partial charge in [-0.2, -0.15) is 0 Å². The number of halogens is 1. The van der Waals surface area contributed by atoms with Crippen molar-refractivity contribution in [1.29, 1.82) is 0 Å². The highest BCUT2D eigenvalue weighted by atomic mass is 19.1. The zero-order valence-electron chi connectivity index (χ0n) is 16.0. The van der Waals surface area contributed by atoms with Crippen LogP contribution in [0.2, 0.25) is 0 Å². The minimum Gasteiger partial charge on any atom is -0.344 e. The molecule has 0 saturated carbocycles. The Morgan fingerprint density at radius 3 is 2.52 bits per heavy atom. The molecule has 0 aliphatic heterocycles. The molecule has 0 radical (unpaired) electrons. The molecule has 6 heteroatoms. The first-order chi connectivity index (χ1) is 14.2. The van der Waals surface area contributed by atoms with Crippen LogP contribution in [0.5, 0.6) is 0 Å². The van der Waals surface area contributed by atoms with E-state index in [2.05, 4.69) is 21.9 Å². The van der Waals surface area contributed by atoms with E-state index < -0.39 is 0 Å². The van der Waals surface area contributed by atoms with E-state index >= 15 is 0 Å². The molecular weight excluding hydrogens is 365 g/mol. The van der Waals surface area contributed by atoms with Crippen LogP contribution in [0.1, 0.15) is 12.8 Å². The summed E-state index contributed by atoms with van der Waals surface area (Å²) in [5.41, 5.74) is 11.0. The zero-order chi connectivity index (χ0) is 20.2. The van der Waals surface area contributed by atoms with E-state index in [4.69, 9.17) is 10.7 Å². The van der Waals surface area contributed by atoms with Gasteiger partial charge in [-0.05, 0) is 79.0 Å². The lowest BCUT2D eigenvalue weighted by atomic mass is 10.00. The topological polar surface area (TPSA) is 79.6 Å². The van der Waals surface area contributed by atoms with E-state index in [-0.39, 0.29) is 5.82 Å². The minimum atomic E-state index is -0.268. The molecule has 0 atom stereocenters. The van der Waals surface area contributed by atoms with Crippen molar-refractivity contribution in [1.82, 2.24) is 15.0 Å². The van der Waals surface area contributed by atoms with Gasteiger partial charge < -0.3 is 16.0 Å². The van der Waals surface area contributed by atoms with Gasteiger partial charge in [-0.15, -0.1) is 0 Å². The molecule has 4 rings (SSSR count). The molecule has 29 heavy (non-hydrogen) atoms. The number of H-pyrrole nitrogens is 1. The number of nitrogens with two attached hydrogens (primary N) is 1. The van der Waals surface area contributed by atoms with Crippen LogP contribution in [0.15, 0.2) is 73.2 Å². The first kappa shape index (κ1) is 18.8. The molecule has 0 saturated heterocycles. The number of pyridine rings is 2. The highest BCUT2D eigenvalue weighted by molar-refractivity contribution is 6.02. The Kier molecular flexibility index (Phi) is 5.35. The van der Waals surface area contributed by atoms with Gasteiger partial charge in [0.2, 0.25) is 0 Å². The van der Waals surface area contributed by atoms with Crippen molar-refractivity contribution >= 4 is 16.9 Å². The lowest BCUT2D eigenvalue weighted by Gasteiger charge is -2.08. The smallest absolute Gasteiger partial charge is 0.140 e. The summed E-state index contributed by atoms with van der Waals surface area (Å²) in [4.78, 5) is 12.3. The average Bonchev–Trinajstić information content (AvgIpc) is 3.12. The second kappa shape index (κ2) is 8.24. The standard InChI is InChI=1S/C23H22FN5/c1-15(3-2-12-25)27-20-9-8-19-21(16-10-13-26-14-11-16)22(29-23(19)28-20)17-4-6-18(24)7-5-17/h4-11,13-14H,1-3,12,25H2,(H2,27,28,29). The van der Waals surface area contributed by atoms with Gasteiger partial charge in [0, 0.05) is 29.0 Å². The molecule has 146 valence electrons. The number of hydrogen-bond donors (Lipinski definition) is 3. The van der Waals surface area contributed by atoms with Gasteiger partial charge >= 0.3 is 0 Å². The Morgan fingerprint density at radius 1 is 1.03 bits per heavy atom. The number of fused-ring (bicyclic) bond motifs is 1. The molecule has 0 fully saturated rings. The molecule has 3 heterocycles. The Hall–Kier alpha value is -3.51. The Balaban J connectivity index is 1.80. The van der Waals surface area contributed by atoms with Crippen LogP contribution in [0.3, 0.4) is 0 Å². The molecule has 0 amide bonds. The maximum Gasteiger partial charge on any atom is 0.140 e. The number of aromatic amines is 1. The maximum absolute atomic E-state index is 13.4. The van der Waals surface area contributed by atoms with Crippen LogP contribution in [-0.2, 0) is 0 Å². The van der Waals surface area contributed by atoms with Crippen LogP contribution < -0.4 is 11.1 Å². The molecule has 0 bridgehead atoms. The van der Waals surface area contributed by atoms with E-state index in [9.17, 15) is 4.39 Å². The predicted octanol–water partition coefficient (Wildman–Crippen LogP) is 5.10.